The van der Waals surface area contributed by atoms with Crippen molar-refractivity contribution in [1.82, 2.24) is 20.1 Å². The summed E-state index contributed by atoms with van der Waals surface area (Å²) < 4.78 is 13.3. The standard InChI is InChI=1S/C22H32N4O3S/c1-3-28-15-16-29-19-12-7-6-11-18(19)21(27)23-14-8-13-20-24-25-22(30-2)26(20)17-9-4-5-10-17/h6-7,11-12,17H,3-5,8-10,13-16H2,1-2H3,(H,23,27). The third-order valence-electron chi connectivity index (χ3n) is 5.29. The second-order valence-electron chi connectivity index (χ2n) is 7.31. The lowest BCUT2D eigenvalue weighted by Gasteiger charge is -2.16. The first-order chi connectivity index (χ1) is 14.7. The molecule has 0 radical (unpaired) electrons. The van der Waals surface area contributed by atoms with E-state index in [1.54, 1.807) is 17.8 Å². The number of amides is 1. The first-order valence-corrected chi connectivity index (χ1v) is 12.0. The Hall–Kier alpha value is -2.06. The van der Waals surface area contributed by atoms with Gasteiger partial charge in [0.1, 0.15) is 18.2 Å². The van der Waals surface area contributed by atoms with E-state index in [1.807, 2.05) is 31.4 Å². The third kappa shape index (κ3) is 5.98. The molecule has 1 aromatic heterocycles. The fraction of sp³-hybridized carbons (Fsp3) is 0.591. The molecule has 1 aromatic carbocycles. The highest BCUT2D eigenvalue weighted by Crippen LogP contribution is 2.33. The molecular weight excluding hydrogens is 400 g/mol. The van der Waals surface area contributed by atoms with Gasteiger partial charge < -0.3 is 19.4 Å². The van der Waals surface area contributed by atoms with Gasteiger partial charge in [0, 0.05) is 25.6 Å². The topological polar surface area (TPSA) is 78.3 Å². The summed E-state index contributed by atoms with van der Waals surface area (Å²) in [4.78, 5) is 12.6. The van der Waals surface area contributed by atoms with Crippen molar-refractivity contribution < 1.29 is 14.3 Å². The number of aromatic nitrogens is 3. The Morgan fingerprint density at radius 1 is 1.23 bits per heavy atom. The lowest BCUT2D eigenvalue weighted by molar-refractivity contribution is 0.0936. The number of para-hydroxylation sites is 1. The van der Waals surface area contributed by atoms with Crippen molar-refractivity contribution in [2.24, 2.45) is 0 Å². The Bertz CT molecular complexity index is 805. The monoisotopic (exact) mass is 432 g/mol. The van der Waals surface area contributed by atoms with E-state index in [2.05, 4.69) is 20.1 Å². The van der Waals surface area contributed by atoms with E-state index in [9.17, 15) is 4.79 Å². The van der Waals surface area contributed by atoms with Gasteiger partial charge in [-0.1, -0.05) is 36.7 Å². The van der Waals surface area contributed by atoms with E-state index >= 15 is 0 Å². The van der Waals surface area contributed by atoms with E-state index in [1.165, 1.54) is 25.7 Å². The Balaban J connectivity index is 1.50. The number of carbonyl (C=O) groups is 1. The molecule has 1 fully saturated rings. The van der Waals surface area contributed by atoms with Crippen LogP contribution in [0.15, 0.2) is 29.4 Å². The second-order valence-corrected chi connectivity index (χ2v) is 8.09. The van der Waals surface area contributed by atoms with Gasteiger partial charge in [-0.2, -0.15) is 0 Å². The fourth-order valence-corrected chi connectivity index (χ4v) is 4.40. The normalized spacial score (nSPS) is 14.2. The minimum Gasteiger partial charge on any atom is -0.490 e. The van der Waals surface area contributed by atoms with E-state index in [4.69, 9.17) is 9.47 Å². The Morgan fingerprint density at radius 3 is 2.80 bits per heavy atom. The van der Waals surface area contributed by atoms with E-state index in [-0.39, 0.29) is 5.91 Å². The van der Waals surface area contributed by atoms with Crippen LogP contribution >= 0.6 is 11.8 Å². The predicted molar refractivity (Wildman–Crippen MR) is 118 cm³/mol. The molecule has 30 heavy (non-hydrogen) atoms. The smallest absolute Gasteiger partial charge is 0.255 e. The number of ether oxygens (including phenoxy) is 2. The lowest BCUT2D eigenvalue weighted by Crippen LogP contribution is -2.26. The van der Waals surface area contributed by atoms with Gasteiger partial charge in [0.05, 0.1) is 12.2 Å². The summed E-state index contributed by atoms with van der Waals surface area (Å²) in [6, 6.07) is 7.83. The van der Waals surface area contributed by atoms with Gasteiger partial charge in [0.15, 0.2) is 5.16 Å². The van der Waals surface area contributed by atoms with Crippen LogP contribution in [0.5, 0.6) is 5.75 Å². The Kier molecular flexibility index (Phi) is 9.01. The number of carbonyl (C=O) groups excluding carboxylic acids is 1. The van der Waals surface area contributed by atoms with Gasteiger partial charge in [-0.15, -0.1) is 10.2 Å². The minimum atomic E-state index is -0.121. The predicted octanol–water partition coefficient (Wildman–Crippen LogP) is 3.89. The summed E-state index contributed by atoms with van der Waals surface area (Å²) in [6.07, 6.45) is 8.63. The van der Waals surface area contributed by atoms with E-state index in [0.717, 1.165) is 23.8 Å². The van der Waals surface area contributed by atoms with Crippen LogP contribution in [-0.4, -0.2) is 53.3 Å². The summed E-state index contributed by atoms with van der Waals surface area (Å²) in [7, 11) is 0. The number of rotatable bonds is 12. The van der Waals surface area contributed by atoms with Crippen LogP contribution in [0.4, 0.5) is 0 Å². The molecule has 1 N–H and O–H groups in total. The lowest BCUT2D eigenvalue weighted by atomic mass is 10.2. The molecule has 7 nitrogen and oxygen atoms in total. The maximum atomic E-state index is 12.6. The zero-order valence-corrected chi connectivity index (χ0v) is 18.7. The molecule has 1 aliphatic carbocycles. The molecule has 0 aliphatic heterocycles. The van der Waals surface area contributed by atoms with Crippen molar-refractivity contribution >= 4 is 17.7 Å². The maximum Gasteiger partial charge on any atom is 0.255 e. The van der Waals surface area contributed by atoms with Crippen molar-refractivity contribution in [3.8, 4) is 5.75 Å². The van der Waals surface area contributed by atoms with Crippen LogP contribution in [-0.2, 0) is 11.2 Å². The zero-order chi connectivity index (χ0) is 21.2. The number of nitrogens with one attached hydrogen (secondary N) is 1. The van der Waals surface area contributed by atoms with Crippen molar-refractivity contribution in [2.75, 3.05) is 32.6 Å². The summed E-state index contributed by atoms with van der Waals surface area (Å²) in [5, 5.41) is 12.8. The molecule has 1 amide bonds. The molecule has 0 bridgehead atoms. The van der Waals surface area contributed by atoms with Crippen LogP contribution in [0.25, 0.3) is 0 Å². The molecule has 8 heteroatoms. The highest BCUT2D eigenvalue weighted by molar-refractivity contribution is 7.98. The molecule has 1 aliphatic rings. The van der Waals surface area contributed by atoms with E-state index < -0.39 is 0 Å². The molecule has 164 valence electrons. The Morgan fingerprint density at radius 2 is 2.03 bits per heavy atom. The Labute approximate surface area is 182 Å². The van der Waals surface area contributed by atoms with Crippen LogP contribution in [0.3, 0.4) is 0 Å². The molecule has 0 spiro atoms. The summed E-state index contributed by atoms with van der Waals surface area (Å²) in [6.45, 7) is 4.11. The fourth-order valence-electron chi connectivity index (χ4n) is 3.82. The minimum absolute atomic E-state index is 0.121. The molecule has 0 atom stereocenters. The number of thioether (sulfide) groups is 1. The molecule has 0 saturated heterocycles. The molecule has 1 saturated carbocycles. The number of aryl methyl sites for hydroxylation is 1. The van der Waals surface area contributed by atoms with Crippen molar-refractivity contribution in [3.63, 3.8) is 0 Å². The van der Waals surface area contributed by atoms with Gasteiger partial charge in [-0.25, -0.2) is 0 Å². The zero-order valence-electron chi connectivity index (χ0n) is 17.9. The van der Waals surface area contributed by atoms with Crippen molar-refractivity contribution in [2.45, 2.75) is 56.6 Å². The summed E-state index contributed by atoms with van der Waals surface area (Å²) in [5.41, 5.74) is 0.549. The number of hydrogen-bond donors (Lipinski definition) is 1. The highest BCUT2D eigenvalue weighted by Gasteiger charge is 2.23. The number of benzene rings is 1. The van der Waals surface area contributed by atoms with Crippen LogP contribution in [0, 0.1) is 0 Å². The molecule has 3 rings (SSSR count). The van der Waals surface area contributed by atoms with Gasteiger partial charge in [0.25, 0.3) is 5.91 Å². The van der Waals surface area contributed by atoms with Gasteiger partial charge in [-0.3, -0.25) is 4.79 Å². The first-order valence-electron chi connectivity index (χ1n) is 10.8. The maximum absolute atomic E-state index is 12.6. The first kappa shape index (κ1) is 22.6. The van der Waals surface area contributed by atoms with Crippen LogP contribution in [0.2, 0.25) is 0 Å². The van der Waals surface area contributed by atoms with Gasteiger partial charge in [-0.05, 0) is 44.6 Å². The molecule has 1 heterocycles. The average Bonchev–Trinajstić information content (AvgIpc) is 3.43. The number of hydrogen-bond acceptors (Lipinski definition) is 6. The third-order valence-corrected chi connectivity index (χ3v) is 5.93. The largest absolute Gasteiger partial charge is 0.490 e. The average molecular weight is 433 g/mol. The van der Waals surface area contributed by atoms with Crippen LogP contribution in [0.1, 0.15) is 61.3 Å². The second kappa shape index (κ2) is 12.0. The summed E-state index contributed by atoms with van der Waals surface area (Å²) in [5.74, 6) is 1.49. The summed E-state index contributed by atoms with van der Waals surface area (Å²) >= 11 is 1.65. The van der Waals surface area contributed by atoms with E-state index in [0.29, 0.717) is 43.7 Å². The van der Waals surface area contributed by atoms with Crippen LogP contribution < -0.4 is 10.1 Å². The molecule has 0 unspecified atom stereocenters. The molecule has 2 aromatic rings. The highest BCUT2D eigenvalue weighted by atomic mass is 32.2. The van der Waals surface area contributed by atoms with Gasteiger partial charge in [0.2, 0.25) is 0 Å². The SMILES string of the molecule is CCOCCOc1ccccc1C(=O)NCCCc1nnc(SC)n1C1CCCC1. The van der Waals surface area contributed by atoms with Gasteiger partial charge >= 0.3 is 0 Å². The quantitative estimate of drug-likeness (QED) is 0.405. The number of nitrogens with zero attached hydrogens (tertiary/aromatic N) is 3. The van der Waals surface area contributed by atoms with Crippen molar-refractivity contribution in [1.29, 1.82) is 0 Å². The van der Waals surface area contributed by atoms with Crippen molar-refractivity contribution in [3.05, 3.63) is 35.7 Å². The molecular formula is C22H32N4O3S.